The normalized spacial score (nSPS) is 17.0. The largest absolute Gasteiger partial charge is 0.396 e. The zero-order valence-corrected chi connectivity index (χ0v) is 11.3. The minimum Gasteiger partial charge on any atom is -0.396 e. The molecule has 1 rings (SSSR count). The van der Waals surface area contributed by atoms with Crippen molar-refractivity contribution in [1.82, 2.24) is 10.2 Å². The van der Waals surface area contributed by atoms with Gasteiger partial charge in [0.2, 0.25) is 0 Å². The van der Waals surface area contributed by atoms with Crippen LogP contribution < -0.4 is 5.32 Å². The van der Waals surface area contributed by atoms with Gasteiger partial charge in [-0.15, -0.1) is 0 Å². The quantitative estimate of drug-likeness (QED) is 0.717. The van der Waals surface area contributed by atoms with Gasteiger partial charge in [-0.2, -0.15) is 0 Å². The minimum absolute atomic E-state index is 0.0617. The summed E-state index contributed by atoms with van der Waals surface area (Å²) < 4.78 is 0. The summed E-state index contributed by atoms with van der Waals surface area (Å²) in [6.45, 7) is 7.30. The number of aliphatic hydroxyl groups is 1. The Morgan fingerprint density at radius 2 is 2.06 bits per heavy atom. The number of urea groups is 1. The molecule has 0 aromatic carbocycles. The molecule has 17 heavy (non-hydrogen) atoms. The Balaban J connectivity index is 2.36. The van der Waals surface area contributed by atoms with Gasteiger partial charge in [0.1, 0.15) is 0 Å². The van der Waals surface area contributed by atoms with E-state index in [-0.39, 0.29) is 18.7 Å². The Morgan fingerprint density at radius 3 is 2.53 bits per heavy atom. The highest BCUT2D eigenvalue weighted by molar-refractivity contribution is 5.75. The van der Waals surface area contributed by atoms with E-state index in [4.69, 9.17) is 5.11 Å². The van der Waals surface area contributed by atoms with E-state index in [1.54, 1.807) is 0 Å². The van der Waals surface area contributed by atoms with Gasteiger partial charge in [-0.3, -0.25) is 0 Å². The molecule has 4 heteroatoms. The van der Waals surface area contributed by atoms with Crippen LogP contribution in [0.3, 0.4) is 0 Å². The predicted octanol–water partition coefficient (Wildman–Crippen LogP) is 1.98. The number of aliphatic hydroxyl groups excluding tert-OH is 1. The lowest BCUT2D eigenvalue weighted by atomic mass is 10.2. The van der Waals surface area contributed by atoms with Crippen LogP contribution in [-0.4, -0.2) is 41.3 Å². The fraction of sp³-hybridized carbons (Fsp3) is 0.923. The van der Waals surface area contributed by atoms with Crippen LogP contribution in [-0.2, 0) is 0 Å². The van der Waals surface area contributed by atoms with E-state index in [1.165, 1.54) is 0 Å². The summed E-state index contributed by atoms with van der Waals surface area (Å²) in [5.41, 5.74) is 0. The molecule has 0 heterocycles. The van der Waals surface area contributed by atoms with Gasteiger partial charge in [-0.25, -0.2) is 4.79 Å². The highest BCUT2D eigenvalue weighted by atomic mass is 16.3. The molecule has 1 unspecified atom stereocenters. The maximum Gasteiger partial charge on any atom is 0.317 e. The van der Waals surface area contributed by atoms with E-state index >= 15 is 0 Å². The summed E-state index contributed by atoms with van der Waals surface area (Å²) in [6, 6.07) is 0.664. The van der Waals surface area contributed by atoms with Crippen LogP contribution in [0.4, 0.5) is 4.79 Å². The maximum absolute atomic E-state index is 12.1. The summed E-state index contributed by atoms with van der Waals surface area (Å²) in [6.07, 6.45) is 3.87. The van der Waals surface area contributed by atoms with Gasteiger partial charge < -0.3 is 15.3 Å². The highest BCUT2D eigenvalue weighted by Crippen LogP contribution is 2.27. The number of amides is 2. The molecule has 0 aromatic heterocycles. The van der Waals surface area contributed by atoms with E-state index in [2.05, 4.69) is 19.2 Å². The number of nitrogens with zero attached hydrogens (tertiary/aromatic N) is 1. The average Bonchev–Trinajstić information content (AvgIpc) is 3.06. The molecular formula is C13H26N2O2. The molecule has 0 radical (unpaired) electrons. The van der Waals surface area contributed by atoms with Gasteiger partial charge in [0.15, 0.2) is 0 Å². The van der Waals surface area contributed by atoms with E-state index in [0.29, 0.717) is 12.0 Å². The van der Waals surface area contributed by atoms with E-state index in [0.717, 1.165) is 32.2 Å². The van der Waals surface area contributed by atoms with Gasteiger partial charge >= 0.3 is 6.03 Å². The number of hydrogen-bond acceptors (Lipinski definition) is 2. The lowest BCUT2D eigenvalue weighted by Crippen LogP contribution is -2.46. The lowest BCUT2D eigenvalue weighted by Gasteiger charge is -2.26. The molecule has 0 aliphatic heterocycles. The Morgan fingerprint density at radius 1 is 1.41 bits per heavy atom. The summed E-state index contributed by atoms with van der Waals surface area (Å²) in [7, 11) is 0. The second-order valence-electron chi connectivity index (χ2n) is 5.49. The molecular weight excluding hydrogens is 216 g/mol. The van der Waals surface area contributed by atoms with Crippen molar-refractivity contribution >= 4 is 6.03 Å². The molecule has 100 valence electrons. The smallest absolute Gasteiger partial charge is 0.317 e. The Labute approximate surface area is 104 Å². The minimum atomic E-state index is 0.0617. The van der Waals surface area contributed by atoms with Crippen LogP contribution in [0.25, 0.3) is 0 Å². The zero-order chi connectivity index (χ0) is 12.8. The number of carbonyl (C=O) groups excluding carboxylic acids is 1. The molecule has 0 spiro atoms. The molecule has 0 saturated heterocycles. The van der Waals surface area contributed by atoms with Crippen LogP contribution in [0.5, 0.6) is 0 Å². The fourth-order valence-electron chi connectivity index (χ4n) is 1.94. The van der Waals surface area contributed by atoms with Gasteiger partial charge in [0.25, 0.3) is 0 Å². The van der Waals surface area contributed by atoms with Gasteiger partial charge in [0.05, 0.1) is 0 Å². The fourth-order valence-corrected chi connectivity index (χ4v) is 1.94. The van der Waals surface area contributed by atoms with Gasteiger partial charge in [-0.05, 0) is 38.5 Å². The summed E-state index contributed by atoms with van der Waals surface area (Å²) in [4.78, 5) is 14.1. The summed E-state index contributed by atoms with van der Waals surface area (Å²) >= 11 is 0. The molecule has 1 atom stereocenters. The van der Waals surface area contributed by atoms with Crippen molar-refractivity contribution in [2.24, 2.45) is 5.92 Å². The second-order valence-corrected chi connectivity index (χ2v) is 5.49. The van der Waals surface area contributed by atoms with Crippen LogP contribution in [0.1, 0.15) is 46.5 Å². The zero-order valence-electron chi connectivity index (χ0n) is 11.3. The molecule has 2 N–H and O–H groups in total. The number of carbonyl (C=O) groups is 1. The van der Waals surface area contributed by atoms with Gasteiger partial charge in [-0.1, -0.05) is 13.8 Å². The van der Waals surface area contributed by atoms with E-state index in [9.17, 15) is 4.79 Å². The van der Waals surface area contributed by atoms with E-state index < -0.39 is 0 Å². The van der Waals surface area contributed by atoms with Crippen LogP contribution >= 0.6 is 0 Å². The van der Waals surface area contributed by atoms with Gasteiger partial charge in [0, 0.05) is 25.2 Å². The first kappa shape index (κ1) is 14.3. The monoisotopic (exact) mass is 242 g/mol. The number of nitrogens with one attached hydrogen (secondary N) is 1. The third kappa shape index (κ3) is 5.39. The second kappa shape index (κ2) is 6.84. The maximum atomic E-state index is 12.1. The van der Waals surface area contributed by atoms with Crippen LogP contribution in [0.2, 0.25) is 0 Å². The molecule has 1 fully saturated rings. The first-order chi connectivity index (χ1) is 8.04. The summed E-state index contributed by atoms with van der Waals surface area (Å²) in [5.74, 6) is 0.508. The summed E-state index contributed by atoms with van der Waals surface area (Å²) in [5, 5.41) is 11.8. The molecule has 4 nitrogen and oxygen atoms in total. The SMILES string of the molecule is CC(C)CN(C(=O)NC(C)CCCO)C1CC1. The van der Waals surface area contributed by atoms with Crippen molar-refractivity contribution in [3.63, 3.8) is 0 Å². The predicted molar refractivity (Wildman–Crippen MR) is 68.9 cm³/mol. The standard InChI is InChI=1S/C13H26N2O2/c1-10(2)9-15(12-6-7-12)13(17)14-11(3)5-4-8-16/h10-12,16H,4-9H2,1-3H3,(H,14,17). The topological polar surface area (TPSA) is 52.6 Å². The number of hydrogen-bond donors (Lipinski definition) is 2. The van der Waals surface area contributed by atoms with Crippen molar-refractivity contribution in [1.29, 1.82) is 0 Å². The highest BCUT2D eigenvalue weighted by Gasteiger charge is 2.33. The number of rotatable bonds is 7. The molecule has 1 aliphatic carbocycles. The molecule has 2 amide bonds. The van der Waals surface area contributed by atoms with E-state index in [1.807, 2.05) is 11.8 Å². The lowest BCUT2D eigenvalue weighted by molar-refractivity contribution is 0.182. The molecule has 0 aromatic rings. The van der Waals surface area contributed by atoms with Crippen molar-refractivity contribution < 1.29 is 9.90 Å². The van der Waals surface area contributed by atoms with Crippen LogP contribution in [0, 0.1) is 5.92 Å². The average molecular weight is 242 g/mol. The Hall–Kier alpha value is -0.770. The van der Waals surface area contributed by atoms with Crippen molar-refractivity contribution in [2.75, 3.05) is 13.2 Å². The molecule has 1 saturated carbocycles. The molecule has 0 bridgehead atoms. The molecule has 1 aliphatic rings. The van der Waals surface area contributed by atoms with Crippen molar-refractivity contribution in [3.8, 4) is 0 Å². The van der Waals surface area contributed by atoms with Crippen LogP contribution in [0.15, 0.2) is 0 Å². The Kier molecular flexibility index (Phi) is 5.75. The van der Waals surface area contributed by atoms with Crippen molar-refractivity contribution in [2.45, 2.75) is 58.5 Å². The third-order valence-electron chi connectivity index (χ3n) is 2.98. The first-order valence-electron chi connectivity index (χ1n) is 6.72. The van der Waals surface area contributed by atoms with Crippen molar-refractivity contribution in [3.05, 3.63) is 0 Å². The first-order valence-corrected chi connectivity index (χ1v) is 6.72. The third-order valence-corrected chi connectivity index (χ3v) is 2.98. The Bertz CT molecular complexity index is 240.